The number of allylic oxidation sites excluding steroid dienone is 2. The number of halogens is 3. The van der Waals surface area contributed by atoms with Gasteiger partial charge in [-0.05, 0) is 0 Å². The van der Waals surface area contributed by atoms with Gasteiger partial charge < -0.3 is 0 Å². The van der Waals surface area contributed by atoms with Gasteiger partial charge in [-0.2, -0.15) is 0 Å². The Morgan fingerprint density at radius 3 is 2.21 bits per heavy atom. The van der Waals surface area contributed by atoms with Crippen LogP contribution in [0.3, 0.4) is 0 Å². The van der Waals surface area contributed by atoms with Gasteiger partial charge in [-0.1, -0.05) is 0 Å². The standard InChI is InChI=1S/C10H10Cl3P/c11-9-6-7-14(12,13,8-9)10-4-2-1-3-5-10/h1-6H,7-8H2. The SMILES string of the molecule is ClC1=CCP(Cl)(Cl)(c2ccccc2)C1. The molecule has 0 fully saturated rings. The molecule has 0 nitrogen and oxygen atoms in total. The third-order valence-electron chi connectivity index (χ3n) is 2.45. The number of hydrogen-bond acceptors (Lipinski definition) is 0. The molecule has 1 aliphatic rings. The van der Waals surface area contributed by atoms with Crippen LogP contribution in [0.2, 0.25) is 0 Å². The zero-order chi connectivity index (χ0) is 10.3. The summed E-state index contributed by atoms with van der Waals surface area (Å²) < 4.78 is 0. The maximum absolute atomic E-state index is 6.61. The molecule has 0 aromatic heterocycles. The summed E-state index contributed by atoms with van der Waals surface area (Å²) in [5.41, 5.74) is 0. The monoisotopic (exact) mass is 266 g/mol. The van der Waals surface area contributed by atoms with E-state index in [0.717, 1.165) is 10.3 Å². The molecule has 4 heteroatoms. The Balaban J connectivity index is 2.43. The Hall–Kier alpha value is 0.260. The van der Waals surface area contributed by atoms with Crippen molar-refractivity contribution in [2.75, 3.05) is 12.3 Å². The van der Waals surface area contributed by atoms with Crippen LogP contribution in [0.4, 0.5) is 0 Å². The molecule has 0 aliphatic carbocycles. The molecule has 0 N–H and O–H groups in total. The maximum atomic E-state index is 6.61. The first kappa shape index (κ1) is 10.8. The summed E-state index contributed by atoms with van der Waals surface area (Å²) in [5.74, 6) is 0. The Morgan fingerprint density at radius 2 is 1.71 bits per heavy atom. The Labute approximate surface area is 98.4 Å². The van der Waals surface area contributed by atoms with Gasteiger partial charge in [0.05, 0.1) is 0 Å². The fourth-order valence-corrected chi connectivity index (χ4v) is 7.50. The summed E-state index contributed by atoms with van der Waals surface area (Å²) in [6.45, 7) is 0. The van der Waals surface area contributed by atoms with Crippen LogP contribution >= 0.6 is 39.4 Å². The molecule has 0 bridgehead atoms. The summed E-state index contributed by atoms with van der Waals surface area (Å²) in [6.07, 6.45) is 3.24. The molecule has 0 saturated heterocycles. The second-order valence-electron chi connectivity index (χ2n) is 3.58. The van der Waals surface area contributed by atoms with Crippen LogP contribution in [0.5, 0.6) is 0 Å². The van der Waals surface area contributed by atoms with Crippen LogP contribution in [0.1, 0.15) is 0 Å². The van der Waals surface area contributed by atoms with Gasteiger partial charge in [-0.3, -0.25) is 0 Å². The van der Waals surface area contributed by atoms with Gasteiger partial charge in [0, 0.05) is 0 Å². The van der Waals surface area contributed by atoms with Crippen molar-refractivity contribution in [3.63, 3.8) is 0 Å². The first-order valence-electron chi connectivity index (χ1n) is 4.34. The quantitative estimate of drug-likeness (QED) is 0.665. The molecule has 0 spiro atoms. The van der Waals surface area contributed by atoms with E-state index in [0.29, 0.717) is 12.3 Å². The van der Waals surface area contributed by atoms with Crippen LogP contribution < -0.4 is 5.30 Å². The molecule has 0 unspecified atom stereocenters. The minimum absolute atomic E-state index is 0.611. The van der Waals surface area contributed by atoms with Crippen molar-refractivity contribution in [3.8, 4) is 0 Å². The normalized spacial score (nSPS) is 26.2. The fraction of sp³-hybridized carbons (Fsp3) is 0.200. The third kappa shape index (κ3) is 1.82. The van der Waals surface area contributed by atoms with Crippen molar-refractivity contribution in [2.24, 2.45) is 0 Å². The first-order chi connectivity index (χ1) is 6.50. The van der Waals surface area contributed by atoms with E-state index in [4.69, 9.17) is 34.1 Å². The molecule has 0 atom stereocenters. The number of rotatable bonds is 1. The molecule has 1 aliphatic heterocycles. The van der Waals surface area contributed by atoms with E-state index in [1.54, 1.807) is 0 Å². The van der Waals surface area contributed by atoms with Crippen molar-refractivity contribution in [1.29, 1.82) is 0 Å². The van der Waals surface area contributed by atoms with E-state index in [1.807, 2.05) is 36.4 Å². The van der Waals surface area contributed by atoms with E-state index >= 15 is 0 Å². The average molecular weight is 268 g/mol. The van der Waals surface area contributed by atoms with Crippen LogP contribution in [0.15, 0.2) is 41.4 Å². The molecule has 14 heavy (non-hydrogen) atoms. The first-order valence-corrected chi connectivity index (χ1v) is 9.14. The van der Waals surface area contributed by atoms with Crippen molar-refractivity contribution >= 4 is 44.7 Å². The van der Waals surface area contributed by atoms with Crippen molar-refractivity contribution < 1.29 is 0 Å². The van der Waals surface area contributed by atoms with Crippen LogP contribution in [-0.4, -0.2) is 12.3 Å². The van der Waals surface area contributed by atoms with Crippen molar-refractivity contribution in [2.45, 2.75) is 0 Å². The van der Waals surface area contributed by atoms with E-state index in [-0.39, 0.29) is 0 Å². The fourth-order valence-electron chi connectivity index (χ4n) is 1.65. The van der Waals surface area contributed by atoms with Gasteiger partial charge in [-0.15, -0.1) is 0 Å². The van der Waals surface area contributed by atoms with Gasteiger partial charge in [0.25, 0.3) is 0 Å². The predicted molar refractivity (Wildman–Crippen MR) is 68.4 cm³/mol. The minimum atomic E-state index is -2.78. The van der Waals surface area contributed by atoms with E-state index in [9.17, 15) is 0 Å². The van der Waals surface area contributed by atoms with Crippen molar-refractivity contribution in [1.82, 2.24) is 0 Å². The average Bonchev–Trinajstić information content (AvgIpc) is 2.45. The predicted octanol–water partition coefficient (Wildman–Crippen LogP) is 4.31. The Bertz CT molecular complexity index is 384. The van der Waals surface area contributed by atoms with Crippen LogP contribution in [0.25, 0.3) is 0 Å². The van der Waals surface area contributed by atoms with Crippen LogP contribution in [0, 0.1) is 0 Å². The Morgan fingerprint density at radius 1 is 1.07 bits per heavy atom. The second kappa shape index (κ2) is 3.39. The van der Waals surface area contributed by atoms with Gasteiger partial charge >= 0.3 is 98.5 Å². The summed E-state index contributed by atoms with van der Waals surface area (Å²) in [4.78, 5) is 0. The molecule has 0 amide bonds. The van der Waals surface area contributed by atoms with E-state index in [1.165, 1.54) is 0 Å². The van der Waals surface area contributed by atoms with E-state index < -0.39 is 5.31 Å². The van der Waals surface area contributed by atoms with Gasteiger partial charge in [0.15, 0.2) is 0 Å². The molecule has 0 saturated carbocycles. The molecule has 1 aromatic rings. The topological polar surface area (TPSA) is 0 Å². The molecular formula is C10H10Cl3P. The van der Waals surface area contributed by atoms with Gasteiger partial charge in [-0.25, -0.2) is 0 Å². The molecule has 0 radical (unpaired) electrons. The summed E-state index contributed by atoms with van der Waals surface area (Å²) in [7, 11) is 0. The van der Waals surface area contributed by atoms with Crippen molar-refractivity contribution in [3.05, 3.63) is 41.4 Å². The van der Waals surface area contributed by atoms with Crippen LogP contribution in [-0.2, 0) is 0 Å². The third-order valence-corrected chi connectivity index (χ3v) is 8.92. The second-order valence-corrected chi connectivity index (χ2v) is 13.2. The summed E-state index contributed by atoms with van der Waals surface area (Å²) in [5, 5.41) is -0.954. The molecule has 1 heterocycles. The van der Waals surface area contributed by atoms with Gasteiger partial charge in [0.1, 0.15) is 0 Å². The van der Waals surface area contributed by atoms with Gasteiger partial charge in [0.2, 0.25) is 0 Å². The summed E-state index contributed by atoms with van der Waals surface area (Å²) >= 11 is 19.2. The molecular weight excluding hydrogens is 257 g/mol. The zero-order valence-corrected chi connectivity index (χ0v) is 10.6. The molecule has 1 aromatic carbocycles. The molecule has 76 valence electrons. The zero-order valence-electron chi connectivity index (χ0n) is 7.46. The molecule has 2 rings (SSSR count). The number of benzene rings is 1. The number of hydrogen-bond donors (Lipinski definition) is 0. The Kier molecular flexibility index (Phi) is 2.60. The van der Waals surface area contributed by atoms with E-state index in [2.05, 4.69) is 0 Å². The summed E-state index contributed by atoms with van der Waals surface area (Å²) in [6, 6.07) is 9.85.